The second-order valence-electron chi connectivity index (χ2n) is 5.20. The first-order valence-corrected chi connectivity index (χ1v) is 7.98. The van der Waals surface area contributed by atoms with Gasteiger partial charge in [-0.2, -0.15) is 4.98 Å². The molecule has 2 heterocycles. The van der Waals surface area contributed by atoms with E-state index in [1.165, 1.54) is 11.8 Å². The van der Waals surface area contributed by atoms with Crippen LogP contribution < -0.4 is 5.56 Å². The molecule has 0 radical (unpaired) electrons. The Balaban J connectivity index is 2.14. The van der Waals surface area contributed by atoms with Crippen LogP contribution in [-0.4, -0.2) is 20.1 Å². The number of thioether (sulfide) groups is 1. The molecule has 0 bridgehead atoms. The van der Waals surface area contributed by atoms with Crippen LogP contribution in [0.25, 0.3) is 0 Å². The van der Waals surface area contributed by atoms with Crippen molar-refractivity contribution in [2.24, 2.45) is 0 Å². The topological polar surface area (TPSA) is 84.7 Å². The van der Waals surface area contributed by atoms with Crippen molar-refractivity contribution in [3.05, 3.63) is 33.8 Å². The fourth-order valence-electron chi connectivity index (χ4n) is 1.79. The summed E-state index contributed by atoms with van der Waals surface area (Å²) in [4.78, 5) is 23.2. The number of aromatic amines is 1. The van der Waals surface area contributed by atoms with Crippen LogP contribution in [-0.2, 0) is 6.42 Å². The smallest absolute Gasteiger partial charge is 0.251 e. The van der Waals surface area contributed by atoms with Gasteiger partial charge in [0.05, 0.1) is 5.25 Å². The number of hydrogen-bond donors (Lipinski definition) is 1. The minimum absolute atomic E-state index is 0.0648. The Labute approximate surface area is 127 Å². The predicted molar refractivity (Wildman–Crippen MR) is 81.5 cm³/mol. The van der Waals surface area contributed by atoms with Crippen LogP contribution in [0.2, 0.25) is 0 Å². The van der Waals surface area contributed by atoms with Gasteiger partial charge in [0.15, 0.2) is 11.0 Å². The number of aryl methyl sites for hydroxylation is 1. The molecule has 1 atom stereocenters. The summed E-state index contributed by atoms with van der Waals surface area (Å²) in [5.41, 5.74) is 0.681. The van der Waals surface area contributed by atoms with E-state index in [9.17, 15) is 4.79 Å². The van der Waals surface area contributed by atoms with Gasteiger partial charge in [-0.3, -0.25) is 4.79 Å². The Morgan fingerprint density at radius 2 is 2.10 bits per heavy atom. The second kappa shape index (κ2) is 6.89. The maximum Gasteiger partial charge on any atom is 0.251 e. The Bertz CT molecular complexity index is 650. The molecule has 2 aromatic heterocycles. The van der Waals surface area contributed by atoms with Crippen molar-refractivity contribution >= 4 is 11.8 Å². The first-order chi connectivity index (χ1) is 9.99. The van der Waals surface area contributed by atoms with Crippen LogP contribution in [0.15, 0.2) is 20.5 Å². The molecule has 6 nitrogen and oxygen atoms in total. The molecule has 1 unspecified atom stereocenters. The van der Waals surface area contributed by atoms with Gasteiger partial charge in [0.2, 0.25) is 5.89 Å². The lowest BCUT2D eigenvalue weighted by molar-refractivity contribution is 0.373. The molecular weight excluding hydrogens is 288 g/mol. The number of nitrogens with one attached hydrogen (secondary N) is 1. The first-order valence-electron chi connectivity index (χ1n) is 7.10. The molecule has 21 heavy (non-hydrogen) atoms. The van der Waals surface area contributed by atoms with Gasteiger partial charge in [-0.25, -0.2) is 4.98 Å². The average molecular weight is 308 g/mol. The molecule has 0 aliphatic heterocycles. The minimum Gasteiger partial charge on any atom is -0.338 e. The summed E-state index contributed by atoms with van der Waals surface area (Å²) in [6, 6.07) is 1.54. The largest absolute Gasteiger partial charge is 0.338 e. The zero-order valence-electron chi connectivity index (χ0n) is 12.7. The fourth-order valence-corrected chi connectivity index (χ4v) is 2.65. The lowest BCUT2D eigenvalue weighted by Gasteiger charge is -2.06. The van der Waals surface area contributed by atoms with Crippen molar-refractivity contribution in [1.82, 2.24) is 20.1 Å². The van der Waals surface area contributed by atoms with E-state index in [0.717, 1.165) is 18.5 Å². The molecule has 7 heteroatoms. The van der Waals surface area contributed by atoms with Crippen LogP contribution in [0.5, 0.6) is 0 Å². The molecule has 0 amide bonds. The zero-order chi connectivity index (χ0) is 15.4. The van der Waals surface area contributed by atoms with Crippen LogP contribution in [0.3, 0.4) is 0 Å². The number of aromatic nitrogens is 4. The molecule has 0 aliphatic carbocycles. The molecule has 0 spiro atoms. The third kappa shape index (κ3) is 4.17. The Morgan fingerprint density at radius 1 is 1.33 bits per heavy atom. The molecule has 0 aliphatic rings. The summed E-state index contributed by atoms with van der Waals surface area (Å²) in [7, 11) is 0. The average Bonchev–Trinajstić information content (AvgIpc) is 2.88. The van der Waals surface area contributed by atoms with E-state index in [0.29, 0.717) is 16.9 Å². The van der Waals surface area contributed by atoms with Gasteiger partial charge in [0.25, 0.3) is 5.56 Å². The zero-order valence-corrected chi connectivity index (χ0v) is 13.5. The van der Waals surface area contributed by atoms with Gasteiger partial charge >= 0.3 is 0 Å². The van der Waals surface area contributed by atoms with Crippen LogP contribution >= 0.6 is 11.8 Å². The van der Waals surface area contributed by atoms with Crippen molar-refractivity contribution in [1.29, 1.82) is 0 Å². The first kappa shape index (κ1) is 15.8. The molecular formula is C14H20N4O2S. The molecule has 0 saturated carbocycles. The molecule has 0 aromatic carbocycles. The summed E-state index contributed by atoms with van der Waals surface area (Å²) in [5.74, 6) is 1.47. The fraction of sp³-hybridized carbons (Fsp3) is 0.571. The Morgan fingerprint density at radius 3 is 2.71 bits per heavy atom. The van der Waals surface area contributed by atoms with Crippen molar-refractivity contribution in [3.63, 3.8) is 0 Å². The quantitative estimate of drug-likeness (QED) is 0.652. The van der Waals surface area contributed by atoms with Crippen molar-refractivity contribution in [3.8, 4) is 0 Å². The number of hydrogen-bond acceptors (Lipinski definition) is 6. The summed E-state index contributed by atoms with van der Waals surface area (Å²) < 4.78 is 5.27. The van der Waals surface area contributed by atoms with E-state index in [4.69, 9.17) is 4.52 Å². The lowest BCUT2D eigenvalue weighted by atomic mass is 10.2. The standard InChI is InChI=1S/C14H20N4O2S/c1-5-6-10-7-11(19)16-14(15-10)21-9(4)13-17-12(8(2)3)18-20-13/h7-9H,5-6H2,1-4H3,(H,15,16,19). The minimum atomic E-state index is -0.128. The third-order valence-corrected chi connectivity index (χ3v) is 3.86. The lowest BCUT2D eigenvalue weighted by Crippen LogP contribution is -2.10. The molecule has 2 rings (SSSR count). The Kier molecular flexibility index (Phi) is 5.17. The Hall–Kier alpha value is -1.63. The van der Waals surface area contributed by atoms with Gasteiger partial charge < -0.3 is 9.51 Å². The highest BCUT2D eigenvalue weighted by Crippen LogP contribution is 2.31. The van der Waals surface area contributed by atoms with E-state index < -0.39 is 0 Å². The highest BCUT2D eigenvalue weighted by Gasteiger charge is 2.18. The maximum atomic E-state index is 11.6. The summed E-state index contributed by atoms with van der Waals surface area (Å²) in [6.07, 6.45) is 1.75. The highest BCUT2D eigenvalue weighted by molar-refractivity contribution is 7.99. The van der Waals surface area contributed by atoms with Crippen molar-refractivity contribution < 1.29 is 4.52 Å². The predicted octanol–water partition coefficient (Wildman–Crippen LogP) is 3.08. The monoisotopic (exact) mass is 308 g/mol. The van der Waals surface area contributed by atoms with Gasteiger partial charge in [0.1, 0.15) is 0 Å². The highest BCUT2D eigenvalue weighted by atomic mass is 32.2. The molecule has 1 N–H and O–H groups in total. The second-order valence-corrected chi connectivity index (χ2v) is 6.53. The van der Waals surface area contributed by atoms with Crippen LogP contribution in [0.1, 0.15) is 62.7 Å². The summed E-state index contributed by atoms with van der Waals surface area (Å²) in [6.45, 7) is 8.04. The van der Waals surface area contributed by atoms with E-state index in [-0.39, 0.29) is 16.7 Å². The normalized spacial score (nSPS) is 12.8. The van der Waals surface area contributed by atoms with Crippen molar-refractivity contribution in [2.45, 2.75) is 56.9 Å². The van der Waals surface area contributed by atoms with E-state index in [2.05, 4.69) is 27.0 Å². The van der Waals surface area contributed by atoms with Gasteiger partial charge in [0, 0.05) is 17.7 Å². The maximum absolute atomic E-state index is 11.6. The number of H-pyrrole nitrogens is 1. The molecule has 0 fully saturated rings. The van der Waals surface area contributed by atoms with E-state index >= 15 is 0 Å². The van der Waals surface area contributed by atoms with Crippen LogP contribution in [0, 0.1) is 0 Å². The molecule has 2 aromatic rings. The van der Waals surface area contributed by atoms with Crippen LogP contribution in [0.4, 0.5) is 0 Å². The summed E-state index contributed by atoms with van der Waals surface area (Å²) >= 11 is 1.41. The van der Waals surface area contributed by atoms with E-state index in [1.54, 1.807) is 6.07 Å². The number of nitrogens with zero attached hydrogens (tertiary/aromatic N) is 3. The molecule has 0 saturated heterocycles. The molecule has 114 valence electrons. The van der Waals surface area contributed by atoms with Gasteiger partial charge in [-0.15, -0.1) is 0 Å². The SMILES string of the molecule is CCCc1cc(=O)[nH]c(SC(C)c2nc(C(C)C)no2)n1. The third-order valence-electron chi connectivity index (χ3n) is 2.89. The van der Waals surface area contributed by atoms with Crippen molar-refractivity contribution in [2.75, 3.05) is 0 Å². The van der Waals surface area contributed by atoms with Gasteiger partial charge in [-0.1, -0.05) is 44.1 Å². The summed E-state index contributed by atoms with van der Waals surface area (Å²) in [5, 5.41) is 4.47. The number of rotatable bonds is 6. The van der Waals surface area contributed by atoms with E-state index in [1.807, 2.05) is 20.8 Å². The van der Waals surface area contributed by atoms with Gasteiger partial charge in [-0.05, 0) is 13.3 Å².